The molecule has 0 amide bonds. The molecule has 17 heavy (non-hydrogen) atoms. The van der Waals surface area contributed by atoms with Gasteiger partial charge in [-0.2, -0.15) is 0 Å². The number of benzene rings is 1. The van der Waals surface area contributed by atoms with Crippen molar-refractivity contribution in [3.8, 4) is 0 Å². The third-order valence-electron chi connectivity index (χ3n) is 2.89. The van der Waals surface area contributed by atoms with Crippen LogP contribution in [0.3, 0.4) is 0 Å². The highest BCUT2D eigenvalue weighted by atomic mass is 35.5. The average Bonchev–Trinajstić information content (AvgIpc) is 2.28. The van der Waals surface area contributed by atoms with Crippen LogP contribution in [-0.4, -0.2) is 4.87 Å². The van der Waals surface area contributed by atoms with Gasteiger partial charge >= 0.3 is 0 Å². The molecule has 0 saturated heterocycles. The maximum atomic E-state index is 6.54. The van der Waals surface area contributed by atoms with Crippen LogP contribution in [0.2, 0.25) is 5.02 Å². The minimum absolute atomic E-state index is 0.245. The van der Waals surface area contributed by atoms with E-state index in [1.54, 1.807) is 0 Å². The van der Waals surface area contributed by atoms with Crippen molar-refractivity contribution in [2.24, 2.45) is 5.92 Å². The Morgan fingerprint density at radius 2 is 1.94 bits per heavy atom. The van der Waals surface area contributed by atoms with Gasteiger partial charge in [0.15, 0.2) is 0 Å². The van der Waals surface area contributed by atoms with Crippen molar-refractivity contribution < 1.29 is 0 Å². The maximum absolute atomic E-state index is 6.54. The monoisotopic (exact) mass is 286 g/mol. The summed E-state index contributed by atoms with van der Waals surface area (Å²) in [5.41, 5.74) is 1.03. The summed E-state index contributed by atoms with van der Waals surface area (Å²) in [6, 6.07) is 7.73. The van der Waals surface area contributed by atoms with Crippen LogP contribution in [0.25, 0.3) is 0 Å². The van der Waals surface area contributed by atoms with Gasteiger partial charge in [0.25, 0.3) is 0 Å². The molecule has 3 heteroatoms. The molecule has 2 unspecified atom stereocenters. The van der Waals surface area contributed by atoms with E-state index < -0.39 is 4.87 Å². The molecule has 0 aromatic heterocycles. The van der Waals surface area contributed by atoms with Crippen molar-refractivity contribution >= 4 is 34.8 Å². The van der Waals surface area contributed by atoms with Crippen LogP contribution in [0.15, 0.2) is 47.5 Å². The largest absolute Gasteiger partial charge is 0.110 e. The molecule has 0 heterocycles. The fourth-order valence-electron chi connectivity index (χ4n) is 1.85. The number of hydrogen-bond donors (Lipinski definition) is 0. The summed E-state index contributed by atoms with van der Waals surface area (Å²) < 4.78 is 0. The molecule has 0 radical (unpaired) electrons. The highest BCUT2D eigenvalue weighted by Crippen LogP contribution is 2.35. The Labute approximate surface area is 117 Å². The van der Waals surface area contributed by atoms with Gasteiger partial charge in [0.2, 0.25) is 0 Å². The maximum Gasteiger partial charge on any atom is 0.0861 e. The lowest BCUT2D eigenvalue weighted by Gasteiger charge is -2.25. The van der Waals surface area contributed by atoms with Crippen LogP contribution in [0.5, 0.6) is 0 Å². The quantitative estimate of drug-likeness (QED) is 0.519. The van der Waals surface area contributed by atoms with Gasteiger partial charge in [-0.1, -0.05) is 60.5 Å². The Bertz CT molecular complexity index is 476. The van der Waals surface area contributed by atoms with Gasteiger partial charge in [-0.15, -0.1) is 11.6 Å². The first-order valence-corrected chi connectivity index (χ1v) is 6.63. The molecule has 1 aliphatic rings. The van der Waals surface area contributed by atoms with Gasteiger partial charge in [0.1, 0.15) is 0 Å². The lowest BCUT2D eigenvalue weighted by molar-refractivity contribution is 0.777. The molecule has 0 N–H and O–H groups in total. The zero-order valence-corrected chi connectivity index (χ0v) is 11.7. The van der Waals surface area contributed by atoms with Crippen molar-refractivity contribution in [1.82, 2.24) is 0 Å². The molecule has 0 aliphatic heterocycles. The second kappa shape index (κ2) is 5.06. The smallest absolute Gasteiger partial charge is 0.0861 e. The number of allylic oxidation sites excluding steroid dienone is 4. The predicted molar refractivity (Wildman–Crippen MR) is 76.0 cm³/mol. The predicted octanol–water partition coefficient (Wildman–Crippen LogP) is 5.19. The van der Waals surface area contributed by atoms with Crippen molar-refractivity contribution in [2.75, 3.05) is 0 Å². The molecule has 0 spiro atoms. The van der Waals surface area contributed by atoms with Crippen molar-refractivity contribution in [2.45, 2.75) is 18.2 Å². The lowest BCUT2D eigenvalue weighted by atomic mass is 9.91. The molecule has 0 bridgehead atoms. The summed E-state index contributed by atoms with van der Waals surface area (Å²) in [6.45, 7) is 2.04. The summed E-state index contributed by atoms with van der Waals surface area (Å²) in [6.07, 6.45) is 6.58. The van der Waals surface area contributed by atoms with Crippen molar-refractivity contribution in [3.63, 3.8) is 0 Å². The van der Waals surface area contributed by atoms with Gasteiger partial charge in [0.05, 0.1) is 4.87 Å². The second-order valence-corrected chi connectivity index (χ2v) is 5.92. The third kappa shape index (κ3) is 3.07. The third-order valence-corrected chi connectivity index (χ3v) is 4.08. The normalized spacial score (nSPS) is 28.0. The Balaban J connectivity index is 2.25. The molecule has 2 atom stereocenters. The fourth-order valence-corrected chi connectivity index (χ4v) is 2.71. The van der Waals surface area contributed by atoms with Gasteiger partial charge in [-0.25, -0.2) is 0 Å². The zero-order chi connectivity index (χ0) is 12.5. The van der Waals surface area contributed by atoms with E-state index in [0.717, 1.165) is 15.6 Å². The van der Waals surface area contributed by atoms with E-state index in [-0.39, 0.29) is 5.92 Å². The molecule has 1 aromatic rings. The Hall–Kier alpha value is -0.430. The van der Waals surface area contributed by atoms with Crippen molar-refractivity contribution in [1.29, 1.82) is 0 Å². The minimum atomic E-state index is -0.561. The lowest BCUT2D eigenvalue weighted by Crippen LogP contribution is -2.22. The number of rotatable bonds is 2. The molecule has 0 saturated carbocycles. The van der Waals surface area contributed by atoms with E-state index in [1.807, 2.05) is 49.4 Å². The fraction of sp³-hybridized carbons (Fsp3) is 0.286. The van der Waals surface area contributed by atoms with Crippen molar-refractivity contribution in [3.05, 3.63) is 58.1 Å². The average molecular weight is 288 g/mol. The summed E-state index contributed by atoms with van der Waals surface area (Å²) in [5.74, 6) is 0.245. The number of hydrogen-bond acceptors (Lipinski definition) is 0. The highest BCUT2D eigenvalue weighted by molar-refractivity contribution is 6.33. The van der Waals surface area contributed by atoms with E-state index in [0.29, 0.717) is 6.42 Å². The Kier molecular flexibility index (Phi) is 3.87. The molecular formula is C14H13Cl3. The van der Waals surface area contributed by atoms with Crippen LogP contribution in [0.4, 0.5) is 0 Å². The van der Waals surface area contributed by atoms with Crippen LogP contribution < -0.4 is 0 Å². The minimum Gasteiger partial charge on any atom is -0.110 e. The summed E-state index contributed by atoms with van der Waals surface area (Å²) in [4.78, 5) is -0.561. The molecule has 1 aromatic carbocycles. The molecule has 90 valence electrons. The van der Waals surface area contributed by atoms with E-state index >= 15 is 0 Å². The van der Waals surface area contributed by atoms with Gasteiger partial charge in [-0.3, -0.25) is 0 Å². The topological polar surface area (TPSA) is 0 Å². The van der Waals surface area contributed by atoms with E-state index in [1.165, 1.54) is 0 Å². The molecule has 1 aliphatic carbocycles. The summed E-state index contributed by atoms with van der Waals surface area (Å²) >= 11 is 18.8. The SMILES string of the molecule is CC1C=CC(Cl)(Cc2ccccc2Cl)C=C1Cl. The highest BCUT2D eigenvalue weighted by Gasteiger charge is 2.27. The first kappa shape index (κ1) is 13.0. The Morgan fingerprint density at radius 3 is 2.59 bits per heavy atom. The summed E-state index contributed by atoms with van der Waals surface area (Å²) in [7, 11) is 0. The zero-order valence-electron chi connectivity index (χ0n) is 9.46. The van der Waals surface area contributed by atoms with Crippen LogP contribution >= 0.6 is 34.8 Å². The molecule has 2 rings (SSSR count). The van der Waals surface area contributed by atoms with Crippen LogP contribution in [-0.2, 0) is 6.42 Å². The van der Waals surface area contributed by atoms with Gasteiger partial charge < -0.3 is 0 Å². The second-order valence-electron chi connectivity index (χ2n) is 4.37. The van der Waals surface area contributed by atoms with Crippen LogP contribution in [0, 0.1) is 5.92 Å². The number of halogens is 3. The van der Waals surface area contributed by atoms with Gasteiger partial charge in [0, 0.05) is 22.4 Å². The van der Waals surface area contributed by atoms with Crippen LogP contribution in [0.1, 0.15) is 12.5 Å². The molecule has 0 nitrogen and oxygen atoms in total. The molecular weight excluding hydrogens is 275 g/mol. The standard InChI is InChI=1S/C14H13Cl3/c1-10-6-7-14(17,9-13(10)16)8-11-4-2-3-5-12(11)15/h2-7,9-10H,8H2,1H3. The summed E-state index contributed by atoms with van der Waals surface area (Å²) in [5, 5.41) is 1.53. The van der Waals surface area contributed by atoms with Gasteiger partial charge in [-0.05, 0) is 17.7 Å². The first-order valence-electron chi connectivity index (χ1n) is 5.50. The van der Waals surface area contributed by atoms with E-state index in [2.05, 4.69) is 0 Å². The Morgan fingerprint density at radius 1 is 1.24 bits per heavy atom. The van der Waals surface area contributed by atoms with E-state index in [4.69, 9.17) is 34.8 Å². The number of alkyl halides is 1. The molecule has 0 fully saturated rings. The van der Waals surface area contributed by atoms with E-state index in [9.17, 15) is 0 Å². The first-order chi connectivity index (χ1) is 8.00.